The van der Waals surface area contributed by atoms with Crippen LogP contribution in [0.3, 0.4) is 0 Å². The summed E-state index contributed by atoms with van der Waals surface area (Å²) < 4.78 is 5.26. The summed E-state index contributed by atoms with van der Waals surface area (Å²) in [6.07, 6.45) is 5.22. The maximum atomic E-state index is 12.8. The molecule has 0 aliphatic carbocycles. The minimum absolute atomic E-state index is 0.0910. The van der Waals surface area contributed by atoms with Gasteiger partial charge in [-0.25, -0.2) is 14.8 Å². The summed E-state index contributed by atoms with van der Waals surface area (Å²) in [5, 5.41) is 18.0. The summed E-state index contributed by atoms with van der Waals surface area (Å²) in [5.74, 6) is -1.38. The summed E-state index contributed by atoms with van der Waals surface area (Å²) >= 11 is 0. The Morgan fingerprint density at radius 3 is 2.49 bits per heavy atom. The van der Waals surface area contributed by atoms with Gasteiger partial charge in [0.2, 0.25) is 11.9 Å². The van der Waals surface area contributed by atoms with Crippen molar-refractivity contribution in [3.8, 4) is 0 Å². The first-order valence-electron chi connectivity index (χ1n) is 12.5. The highest BCUT2D eigenvalue weighted by molar-refractivity contribution is 5.95. The van der Waals surface area contributed by atoms with E-state index in [1.807, 2.05) is 17.0 Å². The summed E-state index contributed by atoms with van der Waals surface area (Å²) in [6, 6.07) is 8.09. The van der Waals surface area contributed by atoms with E-state index in [4.69, 9.17) is 4.74 Å². The molecule has 2 aliphatic rings. The molecule has 2 saturated heterocycles. The van der Waals surface area contributed by atoms with E-state index >= 15 is 0 Å². The standard InChI is InChI=1S/C25H33N7O5/c33-22(17-31-11-13-37-14-12-31)30-21(24(35)36)16-28-23(34)18-3-1-4-20(15-18)32-9-5-19(6-10-32)29-25-26-7-2-8-27-25/h1-4,7-8,15,19,21H,5-6,9-14,16-17H2,(H,28,34)(H,30,33)(H,35,36)(H,26,27,29). The van der Waals surface area contributed by atoms with Gasteiger partial charge in [-0.3, -0.25) is 14.5 Å². The number of rotatable bonds is 10. The Hall–Kier alpha value is -3.77. The Morgan fingerprint density at radius 1 is 1.05 bits per heavy atom. The van der Waals surface area contributed by atoms with Crippen molar-refractivity contribution in [1.29, 1.82) is 0 Å². The molecule has 2 aromatic rings. The fourth-order valence-corrected chi connectivity index (χ4v) is 4.38. The first kappa shape index (κ1) is 26.3. The Morgan fingerprint density at radius 2 is 1.78 bits per heavy atom. The molecule has 1 aromatic heterocycles. The third-order valence-corrected chi connectivity index (χ3v) is 6.44. The number of amides is 2. The Balaban J connectivity index is 1.26. The molecular weight excluding hydrogens is 478 g/mol. The zero-order valence-corrected chi connectivity index (χ0v) is 20.6. The van der Waals surface area contributed by atoms with Crippen molar-refractivity contribution in [2.45, 2.75) is 24.9 Å². The van der Waals surface area contributed by atoms with Gasteiger partial charge in [-0.1, -0.05) is 6.07 Å². The topological polar surface area (TPSA) is 149 Å². The Labute approximate surface area is 215 Å². The first-order chi connectivity index (χ1) is 18.0. The second-order valence-electron chi connectivity index (χ2n) is 9.09. The molecule has 2 aliphatic heterocycles. The van der Waals surface area contributed by atoms with Gasteiger partial charge in [0.15, 0.2) is 0 Å². The van der Waals surface area contributed by atoms with E-state index in [9.17, 15) is 19.5 Å². The molecule has 4 N–H and O–H groups in total. The average molecular weight is 512 g/mol. The van der Waals surface area contributed by atoms with Gasteiger partial charge in [0, 0.05) is 62.4 Å². The smallest absolute Gasteiger partial charge is 0.328 e. The summed E-state index contributed by atoms with van der Waals surface area (Å²) in [6.45, 7) is 3.82. The van der Waals surface area contributed by atoms with Crippen molar-refractivity contribution in [3.05, 3.63) is 48.3 Å². The number of piperidine rings is 1. The fourth-order valence-electron chi connectivity index (χ4n) is 4.38. The van der Waals surface area contributed by atoms with Crippen LogP contribution in [0.1, 0.15) is 23.2 Å². The van der Waals surface area contributed by atoms with Crippen LogP contribution < -0.4 is 20.9 Å². The van der Waals surface area contributed by atoms with Crippen LogP contribution >= 0.6 is 0 Å². The number of benzene rings is 1. The number of aliphatic carboxylic acids is 1. The molecule has 1 unspecified atom stereocenters. The van der Waals surface area contributed by atoms with Crippen molar-refractivity contribution in [2.75, 3.05) is 62.7 Å². The van der Waals surface area contributed by atoms with Crippen molar-refractivity contribution in [1.82, 2.24) is 25.5 Å². The van der Waals surface area contributed by atoms with E-state index in [1.54, 1.807) is 30.6 Å². The van der Waals surface area contributed by atoms with E-state index in [0.29, 0.717) is 37.8 Å². The zero-order valence-electron chi connectivity index (χ0n) is 20.6. The lowest BCUT2D eigenvalue weighted by molar-refractivity contribution is -0.141. The fraction of sp³-hybridized carbons (Fsp3) is 0.480. The van der Waals surface area contributed by atoms with Crippen LogP contribution in [0.25, 0.3) is 0 Å². The van der Waals surface area contributed by atoms with Crippen molar-refractivity contribution < 1.29 is 24.2 Å². The number of ether oxygens (including phenoxy) is 1. The summed E-state index contributed by atoms with van der Waals surface area (Å²) in [4.78, 5) is 49.3. The number of nitrogens with zero attached hydrogens (tertiary/aromatic N) is 4. The van der Waals surface area contributed by atoms with E-state index in [-0.39, 0.29) is 19.1 Å². The third-order valence-electron chi connectivity index (χ3n) is 6.44. The number of nitrogens with one attached hydrogen (secondary N) is 3. The zero-order chi connectivity index (χ0) is 26.0. The normalized spacial score (nSPS) is 17.6. The van der Waals surface area contributed by atoms with Gasteiger partial charge in [0.25, 0.3) is 5.91 Å². The summed E-state index contributed by atoms with van der Waals surface area (Å²) in [5.41, 5.74) is 1.36. The van der Waals surface area contributed by atoms with Crippen LogP contribution in [-0.4, -0.2) is 102 Å². The molecule has 12 heteroatoms. The number of carboxylic acid groups (broad SMARTS) is 1. The molecule has 1 atom stereocenters. The van der Waals surface area contributed by atoms with Gasteiger partial charge in [-0.05, 0) is 37.1 Å². The SMILES string of the molecule is O=C(CN1CCOCC1)NC(CNC(=O)c1cccc(N2CCC(Nc3ncccn3)CC2)c1)C(=O)O. The lowest BCUT2D eigenvalue weighted by Crippen LogP contribution is -2.52. The van der Waals surface area contributed by atoms with Gasteiger partial charge in [0.05, 0.1) is 19.8 Å². The molecule has 0 saturated carbocycles. The van der Waals surface area contributed by atoms with Crippen molar-refractivity contribution in [2.24, 2.45) is 0 Å². The summed E-state index contributed by atoms with van der Waals surface area (Å²) in [7, 11) is 0. The van der Waals surface area contributed by atoms with Crippen molar-refractivity contribution in [3.63, 3.8) is 0 Å². The lowest BCUT2D eigenvalue weighted by Gasteiger charge is -2.34. The monoisotopic (exact) mass is 511 g/mol. The highest BCUT2D eigenvalue weighted by Crippen LogP contribution is 2.22. The molecule has 0 radical (unpaired) electrons. The van der Waals surface area contributed by atoms with Crippen LogP contribution in [0.4, 0.5) is 11.6 Å². The molecule has 0 spiro atoms. The molecule has 4 rings (SSSR count). The molecule has 1 aromatic carbocycles. The highest BCUT2D eigenvalue weighted by Gasteiger charge is 2.24. The van der Waals surface area contributed by atoms with Gasteiger partial charge < -0.3 is 30.7 Å². The number of hydrogen-bond acceptors (Lipinski definition) is 9. The lowest BCUT2D eigenvalue weighted by atomic mass is 10.0. The maximum Gasteiger partial charge on any atom is 0.328 e. The molecule has 0 bridgehead atoms. The van der Waals surface area contributed by atoms with Crippen LogP contribution in [0.15, 0.2) is 42.7 Å². The minimum Gasteiger partial charge on any atom is -0.480 e. The molecule has 37 heavy (non-hydrogen) atoms. The minimum atomic E-state index is -1.22. The number of carbonyl (C=O) groups is 3. The van der Waals surface area contributed by atoms with Crippen LogP contribution in [0, 0.1) is 0 Å². The Kier molecular flexibility index (Phi) is 9.22. The van der Waals surface area contributed by atoms with Crippen LogP contribution in [0.2, 0.25) is 0 Å². The molecular formula is C25H33N7O5. The second-order valence-corrected chi connectivity index (χ2v) is 9.09. The third kappa shape index (κ3) is 7.86. The maximum absolute atomic E-state index is 12.8. The number of carbonyl (C=O) groups excluding carboxylic acids is 2. The Bertz CT molecular complexity index is 1060. The van der Waals surface area contributed by atoms with Gasteiger partial charge in [-0.2, -0.15) is 0 Å². The molecule has 2 fully saturated rings. The first-order valence-corrected chi connectivity index (χ1v) is 12.5. The number of morpholine rings is 1. The van der Waals surface area contributed by atoms with E-state index in [1.165, 1.54) is 0 Å². The highest BCUT2D eigenvalue weighted by atomic mass is 16.5. The van der Waals surface area contributed by atoms with E-state index < -0.39 is 23.8 Å². The van der Waals surface area contributed by atoms with Crippen LogP contribution in [-0.2, 0) is 14.3 Å². The number of anilines is 2. The quantitative estimate of drug-likeness (QED) is 0.348. The van der Waals surface area contributed by atoms with E-state index in [2.05, 4.69) is 30.8 Å². The van der Waals surface area contributed by atoms with Crippen molar-refractivity contribution >= 4 is 29.4 Å². The van der Waals surface area contributed by atoms with Gasteiger partial charge in [0.1, 0.15) is 6.04 Å². The number of aromatic nitrogens is 2. The number of hydrogen-bond donors (Lipinski definition) is 4. The molecule has 2 amide bonds. The molecule has 12 nitrogen and oxygen atoms in total. The van der Waals surface area contributed by atoms with Gasteiger partial charge >= 0.3 is 5.97 Å². The van der Waals surface area contributed by atoms with Crippen LogP contribution in [0.5, 0.6) is 0 Å². The van der Waals surface area contributed by atoms with Gasteiger partial charge in [-0.15, -0.1) is 0 Å². The average Bonchev–Trinajstić information content (AvgIpc) is 2.92. The predicted octanol–water partition coefficient (Wildman–Crippen LogP) is 0.189. The molecule has 198 valence electrons. The largest absolute Gasteiger partial charge is 0.480 e. The predicted molar refractivity (Wildman–Crippen MR) is 136 cm³/mol. The second kappa shape index (κ2) is 13.0. The number of carboxylic acids is 1. The molecule has 3 heterocycles. The van der Waals surface area contributed by atoms with E-state index in [0.717, 1.165) is 31.6 Å².